The van der Waals surface area contributed by atoms with Crippen LogP contribution in [0.5, 0.6) is 0 Å². The van der Waals surface area contributed by atoms with Gasteiger partial charge in [0.2, 0.25) is 5.91 Å². The van der Waals surface area contributed by atoms with Crippen LogP contribution in [0.4, 0.5) is 0 Å². The van der Waals surface area contributed by atoms with E-state index in [0.29, 0.717) is 17.4 Å². The second-order valence-corrected chi connectivity index (χ2v) is 24.7. The first-order valence-electron chi connectivity index (χ1n) is 32.6. The number of hydrogen-bond donors (Lipinski definition) is 1. The van der Waals surface area contributed by atoms with Gasteiger partial charge in [-0.3, -0.25) is 14.2 Å². The van der Waals surface area contributed by atoms with E-state index >= 15 is 0 Å². The maximum atomic E-state index is 13.6. The third-order valence-electron chi connectivity index (χ3n) is 14.4. The molecule has 0 heterocycles. The quantitative estimate of drug-likeness (QED) is 0.0212. The van der Waals surface area contributed by atoms with Gasteiger partial charge in [0.25, 0.3) is 7.82 Å². The minimum Gasteiger partial charge on any atom is -0.756 e. The lowest BCUT2D eigenvalue weighted by molar-refractivity contribution is -0.870. The van der Waals surface area contributed by atoms with Gasteiger partial charge in [-0.2, -0.15) is 0 Å². The van der Waals surface area contributed by atoms with E-state index in [0.717, 1.165) is 96.3 Å². The fraction of sp³-hybridized carbons (Fsp3) is 0.821. The number of carbonyl (C=O) groups is 2. The summed E-state index contributed by atoms with van der Waals surface area (Å²) in [6, 6.07) is -0.893. The van der Waals surface area contributed by atoms with Gasteiger partial charge in [0, 0.05) is 12.8 Å². The van der Waals surface area contributed by atoms with Crippen molar-refractivity contribution in [1.29, 1.82) is 0 Å². The van der Waals surface area contributed by atoms with Crippen LogP contribution in [0.2, 0.25) is 0 Å². The molecular weight excluding hydrogens is 976 g/mol. The number of carbonyl (C=O) groups excluding carboxylic acids is 2. The Hall–Kier alpha value is -2.29. The molecule has 9 nitrogen and oxygen atoms in total. The number of hydrogen-bond acceptors (Lipinski definition) is 7. The summed E-state index contributed by atoms with van der Waals surface area (Å²) in [5.74, 6) is -0.543. The van der Waals surface area contributed by atoms with E-state index in [2.05, 4.69) is 74.7 Å². The highest BCUT2D eigenvalue weighted by atomic mass is 31.2. The Bertz CT molecular complexity index is 1500. The lowest BCUT2D eigenvalue weighted by atomic mass is 10.0. The highest BCUT2D eigenvalue weighted by Gasteiger charge is 2.27. The first-order chi connectivity index (χ1) is 37.4. The molecule has 0 bridgehead atoms. The molecule has 0 aliphatic heterocycles. The van der Waals surface area contributed by atoms with Gasteiger partial charge < -0.3 is 28.5 Å². The van der Waals surface area contributed by atoms with E-state index in [-0.39, 0.29) is 24.9 Å². The largest absolute Gasteiger partial charge is 0.756 e. The van der Waals surface area contributed by atoms with Gasteiger partial charge in [-0.25, -0.2) is 0 Å². The van der Waals surface area contributed by atoms with Crippen molar-refractivity contribution in [1.82, 2.24) is 5.32 Å². The second-order valence-electron chi connectivity index (χ2n) is 23.3. The van der Waals surface area contributed by atoms with Crippen molar-refractivity contribution in [2.75, 3.05) is 40.9 Å². The summed E-state index contributed by atoms with van der Waals surface area (Å²) in [4.78, 5) is 40.0. The maximum Gasteiger partial charge on any atom is 0.306 e. The van der Waals surface area contributed by atoms with Crippen molar-refractivity contribution >= 4 is 19.7 Å². The summed E-state index contributed by atoms with van der Waals surface area (Å²) in [5.41, 5.74) is 0. The second kappa shape index (κ2) is 57.0. The Morgan fingerprint density at radius 3 is 1.23 bits per heavy atom. The van der Waals surface area contributed by atoms with Crippen molar-refractivity contribution in [3.63, 3.8) is 0 Å². The normalized spacial score (nSPS) is 14.0. The molecule has 3 unspecified atom stereocenters. The summed E-state index contributed by atoms with van der Waals surface area (Å²) >= 11 is 0. The van der Waals surface area contributed by atoms with Crippen LogP contribution in [0.1, 0.15) is 303 Å². The van der Waals surface area contributed by atoms with Crippen molar-refractivity contribution < 1.29 is 37.3 Å². The van der Waals surface area contributed by atoms with Crippen molar-refractivity contribution in [2.24, 2.45) is 0 Å². The van der Waals surface area contributed by atoms with Gasteiger partial charge in [-0.15, -0.1) is 0 Å². The summed E-state index contributed by atoms with van der Waals surface area (Å²) < 4.78 is 30.4. The number of phosphoric ester groups is 1. The van der Waals surface area contributed by atoms with E-state index in [9.17, 15) is 19.0 Å². The van der Waals surface area contributed by atoms with E-state index < -0.39 is 26.6 Å². The zero-order valence-corrected chi connectivity index (χ0v) is 52.3. The van der Waals surface area contributed by atoms with Gasteiger partial charge in [-0.1, -0.05) is 255 Å². The average molecular weight is 1100 g/mol. The number of nitrogens with zero attached hydrogens (tertiary/aromatic N) is 1. The molecule has 0 aliphatic rings. The molecule has 10 heteroatoms. The molecule has 0 saturated carbocycles. The molecule has 1 amide bonds. The number of allylic oxidation sites excluding steroid dienone is 9. The van der Waals surface area contributed by atoms with Crippen molar-refractivity contribution in [2.45, 2.75) is 315 Å². The molecule has 0 aromatic heterocycles. The molecule has 0 spiro atoms. The molecule has 0 radical (unpaired) electrons. The Balaban J connectivity index is 5.19. The minimum absolute atomic E-state index is 0.0243. The highest BCUT2D eigenvalue weighted by Crippen LogP contribution is 2.38. The lowest BCUT2D eigenvalue weighted by Crippen LogP contribution is -2.47. The van der Waals surface area contributed by atoms with Gasteiger partial charge in [0.1, 0.15) is 19.3 Å². The van der Waals surface area contributed by atoms with E-state index in [1.165, 1.54) is 173 Å². The molecule has 0 saturated heterocycles. The first kappa shape index (κ1) is 74.7. The summed E-state index contributed by atoms with van der Waals surface area (Å²) in [6.45, 7) is 6.82. The fourth-order valence-corrected chi connectivity index (χ4v) is 10.1. The maximum absolute atomic E-state index is 13.6. The topological polar surface area (TPSA) is 114 Å². The van der Waals surface area contributed by atoms with Gasteiger partial charge in [0.15, 0.2) is 0 Å². The zero-order valence-electron chi connectivity index (χ0n) is 51.4. The molecule has 0 rings (SSSR count). The number of rotatable bonds is 59. The molecule has 0 aromatic rings. The number of quaternary nitrogens is 1. The van der Waals surface area contributed by atoms with Gasteiger partial charge in [-0.05, 0) is 96.0 Å². The SMILES string of the molecule is CCCCC/C=C\C/C=C\C/C=C\CCCCCCCCCCCCC(=O)NC(COP(=O)([O-])OCC[N+](C)(C)C)C(/C=C\CCCCCCCCCCCCC)OC(=O)CCCCCCCCC/C=C\CCCCCC. The molecule has 0 aromatic carbocycles. The highest BCUT2D eigenvalue weighted by molar-refractivity contribution is 7.45. The van der Waals surface area contributed by atoms with Crippen molar-refractivity contribution in [3.8, 4) is 0 Å². The monoisotopic (exact) mass is 1100 g/mol. The third-order valence-corrected chi connectivity index (χ3v) is 15.4. The van der Waals surface area contributed by atoms with Crippen molar-refractivity contribution in [3.05, 3.63) is 60.8 Å². The number of likely N-dealkylation sites (N-methyl/N-ethyl adjacent to an activating group) is 1. The van der Waals surface area contributed by atoms with E-state index in [1.54, 1.807) is 0 Å². The van der Waals surface area contributed by atoms with Crippen LogP contribution in [0.25, 0.3) is 0 Å². The lowest BCUT2D eigenvalue weighted by Gasteiger charge is -2.30. The number of nitrogens with one attached hydrogen (secondary N) is 1. The van der Waals surface area contributed by atoms with E-state index in [4.69, 9.17) is 13.8 Å². The average Bonchev–Trinajstić information content (AvgIpc) is 3.39. The number of ether oxygens (including phenoxy) is 1. The molecule has 3 atom stereocenters. The number of unbranched alkanes of at least 4 members (excludes halogenated alkanes) is 35. The summed E-state index contributed by atoms with van der Waals surface area (Å²) in [7, 11) is 1.18. The predicted molar refractivity (Wildman–Crippen MR) is 330 cm³/mol. The van der Waals surface area contributed by atoms with Crippen LogP contribution in [-0.4, -0.2) is 69.4 Å². The molecule has 0 fully saturated rings. The fourth-order valence-electron chi connectivity index (χ4n) is 9.35. The summed E-state index contributed by atoms with van der Waals surface area (Å²) in [6.07, 6.45) is 71.8. The van der Waals surface area contributed by atoms with E-state index in [1.807, 2.05) is 33.3 Å². The van der Waals surface area contributed by atoms with Crippen LogP contribution in [0, 0.1) is 0 Å². The minimum atomic E-state index is -4.70. The molecule has 77 heavy (non-hydrogen) atoms. The number of phosphoric acid groups is 1. The zero-order chi connectivity index (χ0) is 56.4. The number of amides is 1. The van der Waals surface area contributed by atoms with Crippen LogP contribution >= 0.6 is 7.82 Å². The smallest absolute Gasteiger partial charge is 0.306 e. The Morgan fingerprint density at radius 2 is 0.792 bits per heavy atom. The standard InChI is InChI=1S/C67H125N2O7P/c1-7-10-13-16-19-22-25-28-30-31-32-33-34-35-36-37-39-41-44-47-50-53-56-59-66(70)68-64(63-75-77(72,73)74-62-61-69(4,5)6)65(58-55-52-49-46-43-40-27-24-21-18-15-12-9-3)76-67(71)60-57-54-51-48-45-42-38-29-26-23-20-17-14-11-8-2/h19,22-23,26,28,30,32-33,55,58,64-65H,7-18,20-21,24-25,27,29,31,34-54,56-57,59-63H2,1-6H3,(H-,68,70,72,73)/b22-19-,26-23-,30-28-,33-32-,58-55-. The predicted octanol–water partition coefficient (Wildman–Crippen LogP) is 19.6. The first-order valence-corrected chi connectivity index (χ1v) is 34.1. The van der Waals surface area contributed by atoms with Gasteiger partial charge in [0.05, 0.1) is 33.8 Å². The molecule has 0 aliphatic carbocycles. The third kappa shape index (κ3) is 58.2. The Kier molecular flexibility index (Phi) is 55.3. The Labute approximate surface area is 477 Å². The van der Waals surface area contributed by atoms with Crippen LogP contribution in [-0.2, 0) is 27.9 Å². The molecule has 450 valence electrons. The molecular formula is C67H125N2O7P. The molecule has 1 N–H and O–H groups in total. The Morgan fingerprint density at radius 1 is 0.455 bits per heavy atom. The number of esters is 1. The van der Waals surface area contributed by atoms with Crippen LogP contribution in [0.15, 0.2) is 60.8 Å². The van der Waals surface area contributed by atoms with Crippen LogP contribution < -0.4 is 10.2 Å². The van der Waals surface area contributed by atoms with Gasteiger partial charge >= 0.3 is 5.97 Å². The summed E-state index contributed by atoms with van der Waals surface area (Å²) in [5, 5.41) is 3.03. The van der Waals surface area contributed by atoms with Crippen LogP contribution in [0.3, 0.4) is 0 Å².